The Morgan fingerprint density at radius 2 is 1.05 bits per heavy atom. The summed E-state index contributed by atoms with van der Waals surface area (Å²) in [4.78, 5) is 0. The van der Waals surface area contributed by atoms with Crippen LogP contribution in [0.1, 0.15) is 35.1 Å². The molecule has 0 N–H and O–H groups in total. The smallest absolute Gasteiger partial charge is 0.0210 e. The molecule has 0 spiro atoms. The van der Waals surface area contributed by atoms with Crippen LogP contribution in [0.5, 0.6) is 0 Å². The third kappa shape index (κ3) is 3.35. The first-order chi connectivity index (χ1) is 9.72. The second kappa shape index (κ2) is 6.44. The van der Waals surface area contributed by atoms with Gasteiger partial charge in [0.05, 0.1) is 0 Å². The standard InChI is InChI=1S/C18H18Br2/c19-17-12-14-4-2-6-16-10-7-13(11-18(16)20)3-1-5-15(17)9-8-14/h7-12H,1-6H2. The number of benzene rings is 2. The molecule has 0 saturated heterocycles. The van der Waals surface area contributed by atoms with E-state index in [0.717, 1.165) is 25.7 Å². The minimum Gasteiger partial charge on any atom is -0.0587 e. The molecule has 2 aromatic rings. The fourth-order valence-electron chi connectivity index (χ4n) is 2.86. The van der Waals surface area contributed by atoms with Crippen molar-refractivity contribution in [3.05, 3.63) is 67.6 Å². The maximum atomic E-state index is 3.73. The Labute approximate surface area is 137 Å². The van der Waals surface area contributed by atoms with Crippen LogP contribution in [0, 0.1) is 0 Å². The van der Waals surface area contributed by atoms with Gasteiger partial charge in [-0.2, -0.15) is 0 Å². The first-order valence-corrected chi connectivity index (χ1v) is 8.85. The topological polar surface area (TPSA) is 0 Å². The van der Waals surface area contributed by atoms with E-state index in [1.165, 1.54) is 44.0 Å². The molecule has 2 aromatic carbocycles. The van der Waals surface area contributed by atoms with Crippen LogP contribution in [-0.4, -0.2) is 0 Å². The lowest BCUT2D eigenvalue weighted by atomic mass is 9.97. The van der Waals surface area contributed by atoms with Crippen molar-refractivity contribution in [3.63, 3.8) is 0 Å². The molecule has 0 atom stereocenters. The Morgan fingerprint density at radius 1 is 0.600 bits per heavy atom. The van der Waals surface area contributed by atoms with Crippen molar-refractivity contribution in [1.29, 1.82) is 0 Å². The largest absolute Gasteiger partial charge is 0.0587 e. The van der Waals surface area contributed by atoms with Gasteiger partial charge < -0.3 is 0 Å². The summed E-state index contributed by atoms with van der Waals surface area (Å²) in [7, 11) is 0. The number of hydrogen-bond acceptors (Lipinski definition) is 0. The molecule has 4 aliphatic carbocycles. The molecule has 0 heterocycles. The van der Waals surface area contributed by atoms with E-state index in [2.05, 4.69) is 68.3 Å². The van der Waals surface area contributed by atoms with E-state index in [1.54, 1.807) is 0 Å². The lowest BCUT2D eigenvalue weighted by molar-refractivity contribution is 0.795. The zero-order chi connectivity index (χ0) is 13.9. The maximum Gasteiger partial charge on any atom is 0.0210 e. The molecule has 104 valence electrons. The van der Waals surface area contributed by atoms with Crippen molar-refractivity contribution < 1.29 is 0 Å². The minimum atomic E-state index is 1.14. The SMILES string of the molecule is Brc1cc2ccc1CCCc1ccc(c(Br)c1)CCC2. The average molecular weight is 394 g/mol. The van der Waals surface area contributed by atoms with Crippen LogP contribution in [0.15, 0.2) is 45.3 Å². The summed E-state index contributed by atoms with van der Waals surface area (Å²) in [6, 6.07) is 13.8. The minimum absolute atomic E-state index is 1.14. The molecular formula is C18H18Br2. The third-order valence-electron chi connectivity index (χ3n) is 4.06. The zero-order valence-electron chi connectivity index (χ0n) is 11.5. The Balaban J connectivity index is 1.89. The van der Waals surface area contributed by atoms with Gasteiger partial charge in [0.1, 0.15) is 0 Å². The van der Waals surface area contributed by atoms with Crippen molar-refractivity contribution in [2.45, 2.75) is 38.5 Å². The summed E-state index contributed by atoms with van der Waals surface area (Å²) in [6.45, 7) is 0. The summed E-state index contributed by atoms with van der Waals surface area (Å²) in [5.41, 5.74) is 5.74. The van der Waals surface area contributed by atoms with E-state index < -0.39 is 0 Å². The van der Waals surface area contributed by atoms with Crippen LogP contribution in [0.25, 0.3) is 0 Å². The van der Waals surface area contributed by atoms with Crippen LogP contribution in [0.2, 0.25) is 0 Å². The summed E-state index contributed by atoms with van der Waals surface area (Å²) in [5, 5.41) is 0. The van der Waals surface area contributed by atoms with E-state index in [1.807, 2.05) is 0 Å². The highest BCUT2D eigenvalue weighted by Crippen LogP contribution is 2.25. The molecule has 0 aliphatic heterocycles. The fourth-order valence-corrected chi connectivity index (χ4v) is 4.11. The van der Waals surface area contributed by atoms with Gasteiger partial charge in [-0.3, -0.25) is 0 Å². The highest BCUT2D eigenvalue weighted by atomic mass is 79.9. The summed E-state index contributed by atoms with van der Waals surface area (Å²) < 4.78 is 2.56. The van der Waals surface area contributed by atoms with Crippen molar-refractivity contribution in [1.82, 2.24) is 0 Å². The highest BCUT2D eigenvalue weighted by molar-refractivity contribution is 9.10. The quantitative estimate of drug-likeness (QED) is 0.524. The van der Waals surface area contributed by atoms with E-state index in [-0.39, 0.29) is 0 Å². The van der Waals surface area contributed by atoms with Gasteiger partial charge in [0.15, 0.2) is 0 Å². The van der Waals surface area contributed by atoms with Gasteiger partial charge in [-0.1, -0.05) is 56.1 Å². The van der Waals surface area contributed by atoms with E-state index >= 15 is 0 Å². The summed E-state index contributed by atoms with van der Waals surface area (Å²) in [6.07, 6.45) is 6.97. The zero-order valence-corrected chi connectivity index (χ0v) is 14.6. The van der Waals surface area contributed by atoms with Gasteiger partial charge in [-0.05, 0) is 72.9 Å². The molecule has 0 fully saturated rings. The second-order valence-corrected chi connectivity index (χ2v) is 7.27. The van der Waals surface area contributed by atoms with E-state index in [0.29, 0.717) is 0 Å². The van der Waals surface area contributed by atoms with Gasteiger partial charge in [-0.25, -0.2) is 0 Å². The lowest BCUT2D eigenvalue weighted by Gasteiger charge is -2.12. The molecule has 0 unspecified atom stereocenters. The lowest BCUT2D eigenvalue weighted by Crippen LogP contribution is -1.97. The Morgan fingerprint density at radius 3 is 1.45 bits per heavy atom. The molecule has 20 heavy (non-hydrogen) atoms. The van der Waals surface area contributed by atoms with Crippen LogP contribution >= 0.6 is 31.9 Å². The van der Waals surface area contributed by atoms with E-state index in [9.17, 15) is 0 Å². The van der Waals surface area contributed by atoms with Crippen molar-refractivity contribution in [2.75, 3.05) is 0 Å². The first-order valence-electron chi connectivity index (χ1n) is 7.27. The Bertz CT molecular complexity index is 561. The predicted molar refractivity (Wildman–Crippen MR) is 92.3 cm³/mol. The summed E-state index contributed by atoms with van der Waals surface area (Å²) in [5.74, 6) is 0. The molecule has 2 heteroatoms. The third-order valence-corrected chi connectivity index (χ3v) is 5.53. The number of halogens is 2. The second-order valence-electron chi connectivity index (χ2n) is 5.56. The number of rotatable bonds is 0. The average Bonchev–Trinajstić information content (AvgIpc) is 2.43. The van der Waals surface area contributed by atoms with Gasteiger partial charge in [0.25, 0.3) is 0 Å². The molecule has 0 aromatic heterocycles. The van der Waals surface area contributed by atoms with Gasteiger partial charge in [0.2, 0.25) is 0 Å². The van der Waals surface area contributed by atoms with Crippen LogP contribution in [0.4, 0.5) is 0 Å². The Kier molecular flexibility index (Phi) is 4.62. The van der Waals surface area contributed by atoms with Gasteiger partial charge in [-0.15, -0.1) is 0 Å². The molecule has 4 bridgehead atoms. The van der Waals surface area contributed by atoms with Crippen molar-refractivity contribution in [3.8, 4) is 0 Å². The van der Waals surface area contributed by atoms with Crippen molar-refractivity contribution >= 4 is 31.9 Å². The first kappa shape index (κ1) is 14.3. The van der Waals surface area contributed by atoms with Gasteiger partial charge >= 0.3 is 0 Å². The monoisotopic (exact) mass is 392 g/mol. The van der Waals surface area contributed by atoms with Gasteiger partial charge in [0, 0.05) is 8.95 Å². The molecule has 0 amide bonds. The molecule has 0 nitrogen and oxygen atoms in total. The summed E-state index contributed by atoms with van der Waals surface area (Å²) >= 11 is 7.45. The molecule has 0 saturated carbocycles. The Hall–Kier alpha value is -0.600. The maximum absolute atomic E-state index is 3.73. The number of aryl methyl sites for hydroxylation is 4. The number of hydrogen-bond donors (Lipinski definition) is 0. The van der Waals surface area contributed by atoms with Crippen LogP contribution in [0.3, 0.4) is 0 Å². The van der Waals surface area contributed by atoms with Crippen LogP contribution < -0.4 is 0 Å². The molecular weight excluding hydrogens is 376 g/mol. The van der Waals surface area contributed by atoms with E-state index in [4.69, 9.17) is 0 Å². The highest BCUT2D eigenvalue weighted by Gasteiger charge is 2.07. The normalized spacial score (nSPS) is 15.3. The van der Waals surface area contributed by atoms with Crippen molar-refractivity contribution in [2.24, 2.45) is 0 Å². The van der Waals surface area contributed by atoms with Crippen LogP contribution in [-0.2, 0) is 25.7 Å². The molecule has 0 radical (unpaired) electrons. The molecule has 4 aliphatic rings. The predicted octanol–water partition coefficient (Wildman–Crippen LogP) is 5.88. The fraction of sp³-hybridized carbons (Fsp3) is 0.333. The molecule has 6 rings (SSSR count).